The van der Waals surface area contributed by atoms with Crippen molar-refractivity contribution in [3.63, 3.8) is 0 Å². The Hall–Kier alpha value is -1.14. The minimum Gasteiger partial charge on any atom is -0.461 e. The van der Waals surface area contributed by atoms with Gasteiger partial charge in [0, 0.05) is 18.6 Å². The molecule has 1 aliphatic carbocycles. The summed E-state index contributed by atoms with van der Waals surface area (Å²) in [6.45, 7) is 3.96. The highest BCUT2D eigenvalue weighted by atomic mass is 35.5. The molecule has 1 fully saturated rings. The van der Waals surface area contributed by atoms with Crippen LogP contribution in [0, 0.1) is 5.92 Å². The number of aliphatic hydroxyl groups excluding tert-OH is 1. The molecule has 0 aliphatic heterocycles. The Morgan fingerprint density at radius 2 is 2.16 bits per heavy atom. The van der Waals surface area contributed by atoms with Crippen LogP contribution >= 0.6 is 11.6 Å². The van der Waals surface area contributed by atoms with Gasteiger partial charge in [-0.1, -0.05) is 6.42 Å². The maximum absolute atomic E-state index is 9.30. The zero-order chi connectivity index (χ0) is 13.8. The van der Waals surface area contributed by atoms with Crippen LogP contribution in [-0.4, -0.2) is 38.8 Å². The highest BCUT2D eigenvalue weighted by molar-refractivity contribution is 6.28. The quantitative estimate of drug-likeness (QED) is 0.860. The summed E-state index contributed by atoms with van der Waals surface area (Å²) in [7, 11) is 0. The molecule has 2 unspecified atom stereocenters. The van der Waals surface area contributed by atoms with Gasteiger partial charge in [-0.3, -0.25) is 0 Å². The minimum atomic E-state index is -0.0250. The molecule has 0 amide bonds. The van der Waals surface area contributed by atoms with E-state index in [1.807, 2.05) is 13.8 Å². The minimum absolute atomic E-state index is 0.0250. The van der Waals surface area contributed by atoms with Crippen LogP contribution < -0.4 is 10.1 Å². The topological polar surface area (TPSA) is 80.2 Å². The van der Waals surface area contributed by atoms with Crippen molar-refractivity contribution in [1.82, 2.24) is 15.0 Å². The molecule has 1 aromatic heterocycles. The van der Waals surface area contributed by atoms with Crippen molar-refractivity contribution < 1.29 is 9.84 Å². The van der Waals surface area contributed by atoms with Crippen molar-refractivity contribution in [3.8, 4) is 6.01 Å². The van der Waals surface area contributed by atoms with Crippen molar-refractivity contribution in [2.45, 2.75) is 45.3 Å². The number of rotatable bonds is 5. The van der Waals surface area contributed by atoms with Gasteiger partial charge in [0.25, 0.3) is 0 Å². The molecule has 0 spiro atoms. The number of anilines is 1. The summed E-state index contributed by atoms with van der Waals surface area (Å²) in [5.74, 6) is 0.644. The van der Waals surface area contributed by atoms with Crippen molar-refractivity contribution in [3.05, 3.63) is 5.28 Å². The first-order chi connectivity index (χ1) is 9.08. The molecule has 0 aromatic carbocycles. The monoisotopic (exact) mass is 286 g/mol. The molecular formula is C12H19ClN4O2. The number of halogens is 1. The third kappa shape index (κ3) is 3.91. The Morgan fingerprint density at radius 3 is 2.84 bits per heavy atom. The Morgan fingerprint density at radius 1 is 1.37 bits per heavy atom. The first kappa shape index (κ1) is 14.3. The van der Waals surface area contributed by atoms with Gasteiger partial charge in [0.2, 0.25) is 11.2 Å². The molecule has 1 aliphatic rings. The van der Waals surface area contributed by atoms with E-state index in [0.29, 0.717) is 5.95 Å². The van der Waals surface area contributed by atoms with Gasteiger partial charge < -0.3 is 15.2 Å². The summed E-state index contributed by atoms with van der Waals surface area (Å²) in [5, 5.41) is 12.6. The fraction of sp³-hybridized carbons (Fsp3) is 0.750. The standard InChI is InChI=1S/C12H19ClN4O2/c1-7(2)19-12-16-10(13)15-11(17-12)14-9-5-3-4-8(9)6-18/h7-9,18H,3-6H2,1-2H3,(H,14,15,16,17). The van der Waals surface area contributed by atoms with Gasteiger partial charge in [-0.05, 0) is 38.3 Å². The van der Waals surface area contributed by atoms with E-state index < -0.39 is 0 Å². The van der Waals surface area contributed by atoms with Crippen LogP contribution in [0.1, 0.15) is 33.1 Å². The molecule has 19 heavy (non-hydrogen) atoms. The van der Waals surface area contributed by atoms with Crippen LogP contribution in [0.2, 0.25) is 5.28 Å². The summed E-state index contributed by atoms with van der Waals surface area (Å²) in [6, 6.07) is 0.395. The lowest BCUT2D eigenvalue weighted by atomic mass is 10.1. The molecule has 2 N–H and O–H groups in total. The van der Waals surface area contributed by atoms with Gasteiger partial charge in [-0.25, -0.2) is 0 Å². The van der Waals surface area contributed by atoms with Crippen molar-refractivity contribution in [1.29, 1.82) is 0 Å². The third-order valence-corrected chi connectivity index (χ3v) is 3.31. The zero-order valence-corrected chi connectivity index (χ0v) is 11.9. The summed E-state index contributed by atoms with van der Waals surface area (Å²) in [5.41, 5.74) is 0. The van der Waals surface area contributed by atoms with E-state index in [9.17, 15) is 5.11 Å². The molecule has 1 saturated carbocycles. The molecule has 0 bridgehead atoms. The van der Waals surface area contributed by atoms with E-state index in [0.717, 1.165) is 19.3 Å². The molecule has 0 saturated heterocycles. The lowest BCUT2D eigenvalue weighted by Gasteiger charge is -2.19. The number of aromatic nitrogens is 3. The average molecular weight is 287 g/mol. The highest BCUT2D eigenvalue weighted by Crippen LogP contribution is 2.27. The van der Waals surface area contributed by atoms with E-state index in [1.165, 1.54) is 0 Å². The molecule has 6 nitrogen and oxygen atoms in total. The van der Waals surface area contributed by atoms with Gasteiger partial charge in [-0.15, -0.1) is 0 Å². The summed E-state index contributed by atoms with van der Waals surface area (Å²) < 4.78 is 5.42. The van der Waals surface area contributed by atoms with Gasteiger partial charge in [-0.2, -0.15) is 15.0 Å². The Kier molecular flexibility index (Phi) is 4.76. The van der Waals surface area contributed by atoms with Crippen molar-refractivity contribution in [2.24, 2.45) is 5.92 Å². The predicted octanol–water partition coefficient (Wildman–Crippen LogP) is 1.89. The summed E-state index contributed by atoms with van der Waals surface area (Å²) in [6.07, 6.45) is 3.08. The van der Waals surface area contributed by atoms with E-state index >= 15 is 0 Å². The van der Waals surface area contributed by atoms with Crippen LogP contribution in [0.25, 0.3) is 0 Å². The number of nitrogens with zero attached hydrogens (tertiary/aromatic N) is 3. The predicted molar refractivity (Wildman–Crippen MR) is 72.4 cm³/mol. The van der Waals surface area contributed by atoms with Crippen molar-refractivity contribution >= 4 is 17.5 Å². The second-order valence-corrected chi connectivity index (χ2v) is 5.34. The number of aliphatic hydroxyl groups is 1. The van der Waals surface area contributed by atoms with Crippen LogP contribution in [-0.2, 0) is 0 Å². The van der Waals surface area contributed by atoms with Gasteiger partial charge >= 0.3 is 6.01 Å². The Bertz CT molecular complexity index is 430. The van der Waals surface area contributed by atoms with E-state index in [2.05, 4.69) is 20.3 Å². The van der Waals surface area contributed by atoms with Crippen molar-refractivity contribution in [2.75, 3.05) is 11.9 Å². The lowest BCUT2D eigenvalue weighted by molar-refractivity contribution is 0.219. The van der Waals surface area contributed by atoms with Crippen LogP contribution in [0.4, 0.5) is 5.95 Å². The maximum Gasteiger partial charge on any atom is 0.322 e. The largest absolute Gasteiger partial charge is 0.461 e. The molecule has 2 rings (SSSR count). The number of ether oxygens (including phenoxy) is 1. The molecule has 1 aromatic rings. The normalized spacial score (nSPS) is 22.8. The Balaban J connectivity index is 2.09. The smallest absolute Gasteiger partial charge is 0.322 e. The SMILES string of the molecule is CC(C)Oc1nc(Cl)nc(NC2CCCC2CO)n1. The fourth-order valence-corrected chi connectivity index (χ4v) is 2.42. The highest BCUT2D eigenvalue weighted by Gasteiger charge is 2.27. The lowest BCUT2D eigenvalue weighted by Crippen LogP contribution is -2.27. The second-order valence-electron chi connectivity index (χ2n) is 5.00. The molecular weight excluding hydrogens is 268 g/mol. The molecule has 7 heteroatoms. The average Bonchev–Trinajstić information content (AvgIpc) is 2.74. The summed E-state index contributed by atoms with van der Waals surface area (Å²) >= 11 is 5.86. The first-order valence-corrected chi connectivity index (χ1v) is 6.92. The third-order valence-electron chi connectivity index (χ3n) is 3.14. The number of nitrogens with one attached hydrogen (secondary N) is 1. The van der Waals surface area contributed by atoms with Crippen LogP contribution in [0.3, 0.4) is 0 Å². The molecule has 2 atom stereocenters. The van der Waals surface area contributed by atoms with E-state index in [4.69, 9.17) is 16.3 Å². The Labute approximate surface area is 117 Å². The zero-order valence-electron chi connectivity index (χ0n) is 11.1. The molecule has 1 heterocycles. The van der Waals surface area contributed by atoms with Crippen LogP contribution in [0.15, 0.2) is 0 Å². The summed E-state index contributed by atoms with van der Waals surface area (Å²) in [4.78, 5) is 12.1. The number of hydrogen-bond acceptors (Lipinski definition) is 6. The van der Waals surface area contributed by atoms with Gasteiger partial charge in [0.1, 0.15) is 0 Å². The van der Waals surface area contributed by atoms with E-state index in [-0.39, 0.29) is 36.0 Å². The first-order valence-electron chi connectivity index (χ1n) is 6.54. The van der Waals surface area contributed by atoms with Gasteiger partial charge in [0.05, 0.1) is 6.10 Å². The maximum atomic E-state index is 9.30. The van der Waals surface area contributed by atoms with E-state index in [1.54, 1.807) is 0 Å². The fourth-order valence-electron chi connectivity index (χ4n) is 2.27. The van der Waals surface area contributed by atoms with Gasteiger partial charge in [0.15, 0.2) is 0 Å². The molecule has 106 valence electrons. The van der Waals surface area contributed by atoms with Crippen LogP contribution in [0.5, 0.6) is 6.01 Å². The number of hydrogen-bond donors (Lipinski definition) is 2. The second kappa shape index (κ2) is 6.34. The molecule has 0 radical (unpaired) electrons.